The molecule has 0 fully saturated rings. The summed E-state index contributed by atoms with van der Waals surface area (Å²) in [7, 11) is 0. The van der Waals surface area contributed by atoms with Gasteiger partial charge in [0.05, 0.1) is 6.42 Å². The van der Waals surface area contributed by atoms with E-state index in [9.17, 15) is 29.1 Å². The molecule has 12 nitrogen and oxygen atoms in total. The van der Waals surface area contributed by atoms with Crippen LogP contribution in [-0.4, -0.2) is 69.6 Å². The minimum Gasteiger partial charge on any atom is -0.508 e. The van der Waals surface area contributed by atoms with Gasteiger partial charge in [-0.25, -0.2) is 9.59 Å². The summed E-state index contributed by atoms with van der Waals surface area (Å²) in [4.78, 5) is 68.6. The van der Waals surface area contributed by atoms with Gasteiger partial charge in [0.15, 0.2) is 0 Å². The number of hydrogen-bond acceptors (Lipinski definition) is 8. The Morgan fingerprint density at radius 2 is 1.39 bits per heavy atom. The molecule has 0 aliphatic heterocycles. The molecule has 270 valence electrons. The average molecular weight is 683 g/mol. The smallest absolute Gasteiger partial charge is 0.408 e. The van der Waals surface area contributed by atoms with Crippen molar-refractivity contribution in [2.24, 2.45) is 5.73 Å². The van der Waals surface area contributed by atoms with E-state index >= 15 is 0 Å². The van der Waals surface area contributed by atoms with E-state index in [1.807, 2.05) is 30.3 Å². The van der Waals surface area contributed by atoms with E-state index in [1.165, 1.54) is 29.2 Å². The Bertz CT molecular complexity index is 1380. The van der Waals surface area contributed by atoms with Crippen molar-refractivity contribution >= 4 is 29.8 Å². The van der Waals surface area contributed by atoms with Gasteiger partial charge in [-0.15, -0.1) is 0 Å². The molecule has 0 heterocycles. The Morgan fingerprint density at radius 1 is 0.796 bits per heavy atom. The monoisotopic (exact) mass is 682 g/mol. The second-order valence-electron chi connectivity index (χ2n) is 14.1. The fourth-order valence-electron chi connectivity index (χ4n) is 5.10. The summed E-state index contributed by atoms with van der Waals surface area (Å²) in [5, 5.41) is 15.4. The molecular weight excluding hydrogens is 628 g/mol. The maximum atomic E-state index is 14.5. The molecule has 2 rings (SSSR count). The molecule has 0 spiro atoms. The van der Waals surface area contributed by atoms with Crippen LogP contribution in [0.4, 0.5) is 4.79 Å². The van der Waals surface area contributed by atoms with Crippen LogP contribution in [0.3, 0.4) is 0 Å². The predicted octanol–water partition coefficient (Wildman–Crippen LogP) is 5.07. The number of nitrogens with one attached hydrogen (secondary N) is 2. The maximum absolute atomic E-state index is 14.5. The molecule has 0 radical (unpaired) electrons. The number of nitrogens with two attached hydrogens (primary N) is 1. The highest BCUT2D eigenvalue weighted by Crippen LogP contribution is 2.27. The van der Waals surface area contributed by atoms with Crippen molar-refractivity contribution in [3.8, 4) is 5.75 Å². The van der Waals surface area contributed by atoms with Crippen LogP contribution in [0.2, 0.25) is 0 Å². The van der Waals surface area contributed by atoms with Crippen molar-refractivity contribution in [2.75, 3.05) is 6.54 Å². The van der Waals surface area contributed by atoms with Crippen molar-refractivity contribution < 1.29 is 38.6 Å². The first-order chi connectivity index (χ1) is 22.9. The third-order valence-corrected chi connectivity index (χ3v) is 7.24. The minimum absolute atomic E-state index is 0.0609. The van der Waals surface area contributed by atoms with Gasteiger partial charge in [0, 0.05) is 13.0 Å². The quantitative estimate of drug-likeness (QED) is 0.132. The van der Waals surface area contributed by atoms with Crippen molar-refractivity contribution in [3.05, 3.63) is 65.7 Å². The zero-order valence-corrected chi connectivity index (χ0v) is 29.9. The Morgan fingerprint density at radius 3 is 1.94 bits per heavy atom. The lowest BCUT2D eigenvalue weighted by Gasteiger charge is -2.35. The molecule has 3 unspecified atom stereocenters. The third-order valence-electron chi connectivity index (χ3n) is 7.24. The number of aromatic hydroxyl groups is 1. The highest BCUT2D eigenvalue weighted by atomic mass is 16.6. The summed E-state index contributed by atoms with van der Waals surface area (Å²) in [5.41, 5.74) is 4.87. The van der Waals surface area contributed by atoms with Crippen molar-refractivity contribution in [1.82, 2.24) is 15.5 Å². The molecular formula is C37H54N4O8. The van der Waals surface area contributed by atoms with E-state index in [2.05, 4.69) is 17.6 Å². The molecule has 5 N–H and O–H groups in total. The number of carbonyl (C=O) groups excluding carboxylic acids is 5. The van der Waals surface area contributed by atoms with Gasteiger partial charge in [-0.05, 0) is 71.2 Å². The summed E-state index contributed by atoms with van der Waals surface area (Å²) >= 11 is 0. The minimum atomic E-state index is -1.46. The SMILES string of the molecule is CCCCCCCN(C(=O)C(CC(N)=O)NC(=O)OC(C)(C)C)C(C(=O)NC(Cc1ccccc1)C(=O)OC(C)(C)C)c1ccc(O)cc1. The van der Waals surface area contributed by atoms with Crippen LogP contribution >= 0.6 is 0 Å². The van der Waals surface area contributed by atoms with Crippen LogP contribution in [0.1, 0.15) is 104 Å². The Hall–Kier alpha value is -4.61. The predicted molar refractivity (Wildman–Crippen MR) is 186 cm³/mol. The van der Waals surface area contributed by atoms with Crippen LogP contribution in [0, 0.1) is 0 Å². The molecule has 0 aromatic heterocycles. The second-order valence-corrected chi connectivity index (χ2v) is 14.1. The van der Waals surface area contributed by atoms with E-state index < -0.39 is 65.5 Å². The van der Waals surface area contributed by atoms with Crippen LogP contribution in [0.15, 0.2) is 54.6 Å². The van der Waals surface area contributed by atoms with Gasteiger partial charge in [0.2, 0.25) is 17.7 Å². The van der Waals surface area contributed by atoms with Gasteiger partial charge < -0.3 is 35.8 Å². The Kier molecular flexibility index (Phi) is 15.6. The number of carbonyl (C=O) groups is 5. The lowest BCUT2D eigenvalue weighted by Crippen LogP contribution is -2.55. The Balaban J connectivity index is 2.63. The first-order valence-electron chi connectivity index (χ1n) is 16.8. The lowest BCUT2D eigenvalue weighted by molar-refractivity contribution is -0.159. The molecule has 3 atom stereocenters. The summed E-state index contributed by atoms with van der Waals surface area (Å²) in [6, 6.07) is 11.0. The molecule has 0 saturated carbocycles. The molecule has 0 aliphatic carbocycles. The molecule has 0 bridgehead atoms. The van der Waals surface area contributed by atoms with E-state index in [4.69, 9.17) is 15.2 Å². The van der Waals surface area contributed by atoms with E-state index in [0.29, 0.717) is 12.0 Å². The summed E-state index contributed by atoms with van der Waals surface area (Å²) in [6.45, 7) is 12.3. The van der Waals surface area contributed by atoms with Gasteiger partial charge in [0.1, 0.15) is 35.1 Å². The molecule has 0 saturated heterocycles. The molecule has 2 aromatic rings. The topological polar surface area (TPSA) is 177 Å². The summed E-state index contributed by atoms with van der Waals surface area (Å²) < 4.78 is 11.0. The number of hydrogen-bond donors (Lipinski definition) is 4. The number of unbranched alkanes of at least 4 members (excludes halogenated alkanes) is 4. The van der Waals surface area contributed by atoms with E-state index in [1.54, 1.807) is 41.5 Å². The van der Waals surface area contributed by atoms with Crippen molar-refractivity contribution in [2.45, 2.75) is 123 Å². The van der Waals surface area contributed by atoms with Gasteiger partial charge in [-0.1, -0.05) is 75.1 Å². The number of phenolic OH excluding ortho intramolecular Hbond substituents is 1. The number of ether oxygens (including phenoxy) is 2. The average Bonchev–Trinajstić information content (AvgIpc) is 2.98. The number of phenols is 1. The van der Waals surface area contributed by atoms with Crippen LogP contribution < -0.4 is 16.4 Å². The third kappa shape index (κ3) is 15.0. The summed E-state index contributed by atoms with van der Waals surface area (Å²) in [5.74, 6) is -3.02. The summed E-state index contributed by atoms with van der Waals surface area (Å²) in [6.07, 6.45) is 2.74. The first kappa shape index (κ1) is 40.6. The number of primary amides is 1. The Labute approximate surface area is 290 Å². The molecule has 4 amide bonds. The highest BCUT2D eigenvalue weighted by Gasteiger charge is 2.38. The largest absolute Gasteiger partial charge is 0.508 e. The first-order valence-corrected chi connectivity index (χ1v) is 16.8. The molecule has 2 aromatic carbocycles. The zero-order valence-electron chi connectivity index (χ0n) is 29.9. The fraction of sp³-hybridized carbons (Fsp3) is 0.541. The fourth-order valence-corrected chi connectivity index (χ4v) is 5.10. The van der Waals surface area contributed by atoms with Crippen LogP contribution in [0.25, 0.3) is 0 Å². The number of benzene rings is 2. The number of esters is 1. The van der Waals surface area contributed by atoms with E-state index in [-0.39, 0.29) is 18.7 Å². The van der Waals surface area contributed by atoms with Gasteiger partial charge in [-0.2, -0.15) is 0 Å². The zero-order chi connectivity index (χ0) is 36.8. The molecule has 12 heteroatoms. The lowest BCUT2D eigenvalue weighted by atomic mass is 9.99. The van der Waals surface area contributed by atoms with Crippen molar-refractivity contribution in [1.29, 1.82) is 0 Å². The van der Waals surface area contributed by atoms with Gasteiger partial charge in [0.25, 0.3) is 0 Å². The van der Waals surface area contributed by atoms with Crippen LogP contribution in [-0.2, 0) is 35.1 Å². The highest BCUT2D eigenvalue weighted by molar-refractivity contribution is 5.95. The maximum Gasteiger partial charge on any atom is 0.408 e. The number of nitrogens with zero attached hydrogens (tertiary/aromatic N) is 1. The standard InChI is InChI=1S/C37H54N4O8/c1-8-9-10-11-15-22-41(33(45)28(24-30(38)43)40-35(47)49-37(5,6)7)31(26-18-20-27(42)21-19-26)32(44)39-29(34(46)48-36(2,3)4)23-25-16-13-12-14-17-25/h12-14,16-21,28-29,31,42H,8-11,15,22-24H2,1-7H3,(H2,38,43)(H,39,44)(H,40,47). The molecule has 49 heavy (non-hydrogen) atoms. The van der Waals surface area contributed by atoms with Crippen molar-refractivity contribution in [3.63, 3.8) is 0 Å². The molecule has 0 aliphatic rings. The van der Waals surface area contributed by atoms with Gasteiger partial charge in [-0.3, -0.25) is 14.4 Å². The second kappa shape index (κ2) is 18.8. The van der Waals surface area contributed by atoms with Crippen LogP contribution in [0.5, 0.6) is 5.75 Å². The van der Waals surface area contributed by atoms with E-state index in [0.717, 1.165) is 31.2 Å². The normalized spacial score (nSPS) is 13.4. The van der Waals surface area contributed by atoms with Gasteiger partial charge >= 0.3 is 12.1 Å². The number of amides is 4. The number of rotatable bonds is 17. The number of alkyl carbamates (subject to hydrolysis) is 1.